The summed E-state index contributed by atoms with van der Waals surface area (Å²) < 4.78 is 31.6. The fourth-order valence-corrected chi connectivity index (χ4v) is 6.47. The van der Waals surface area contributed by atoms with E-state index in [0.717, 1.165) is 33.5 Å². The number of thioether (sulfide) groups is 2. The smallest absolute Gasteiger partial charge is 0.286 e. The highest BCUT2D eigenvalue weighted by atomic mass is 32.2. The van der Waals surface area contributed by atoms with Crippen molar-refractivity contribution in [2.75, 3.05) is 42.7 Å². The number of hydrogen-bond donors (Lipinski definition) is 2. The number of nitrogens with one attached hydrogen (secondary N) is 2. The lowest BCUT2D eigenvalue weighted by atomic mass is 10.1. The molecule has 14 nitrogen and oxygen atoms in total. The van der Waals surface area contributed by atoms with Crippen LogP contribution in [0.4, 0.5) is 0 Å². The van der Waals surface area contributed by atoms with Crippen molar-refractivity contribution >= 4 is 80.2 Å². The van der Waals surface area contributed by atoms with Crippen LogP contribution in [0.5, 0.6) is 34.5 Å². The lowest BCUT2D eigenvalue weighted by molar-refractivity contribution is -0.126. The second-order valence-electron chi connectivity index (χ2n) is 8.39. The first-order valence-electron chi connectivity index (χ1n) is 12.1. The van der Waals surface area contributed by atoms with Crippen LogP contribution in [0.15, 0.2) is 34.1 Å². The van der Waals surface area contributed by atoms with Crippen molar-refractivity contribution in [1.29, 1.82) is 0 Å². The molecule has 2 aromatic carbocycles. The van der Waals surface area contributed by atoms with Gasteiger partial charge in [0.1, 0.15) is 9.81 Å². The van der Waals surface area contributed by atoms with Gasteiger partial charge in [0.05, 0.1) is 42.7 Å². The fraction of sp³-hybridized carbons (Fsp3) is 0.231. The molecule has 44 heavy (non-hydrogen) atoms. The molecule has 0 atom stereocenters. The van der Waals surface area contributed by atoms with Gasteiger partial charge in [0.2, 0.25) is 11.5 Å². The van der Waals surface area contributed by atoms with Crippen LogP contribution in [0, 0.1) is 0 Å². The van der Waals surface area contributed by atoms with E-state index in [4.69, 9.17) is 52.9 Å². The van der Waals surface area contributed by atoms with Gasteiger partial charge in [0.15, 0.2) is 31.6 Å². The Hall–Kier alpha value is -4.26. The Morgan fingerprint density at radius 3 is 1.14 bits per heavy atom. The molecule has 4 rings (SSSR count). The number of hydrazine groups is 2. The maximum absolute atomic E-state index is 13.3. The molecular weight excluding hydrogens is 657 g/mol. The number of carbonyl (C=O) groups excluding carboxylic acids is 4. The zero-order chi connectivity index (χ0) is 32.3. The van der Waals surface area contributed by atoms with Crippen molar-refractivity contribution in [3.05, 3.63) is 45.2 Å². The molecule has 0 saturated carbocycles. The van der Waals surface area contributed by atoms with Gasteiger partial charge in [-0.2, -0.15) is 10.0 Å². The van der Waals surface area contributed by atoms with E-state index in [1.165, 1.54) is 66.9 Å². The van der Waals surface area contributed by atoms with E-state index in [1.807, 2.05) is 0 Å². The molecule has 0 aromatic heterocycles. The Balaban J connectivity index is 1.54. The molecule has 0 spiro atoms. The third-order valence-corrected chi connectivity index (χ3v) is 8.90. The Kier molecular flexibility index (Phi) is 10.1. The first kappa shape index (κ1) is 32.6. The summed E-state index contributed by atoms with van der Waals surface area (Å²) in [5.41, 5.74) is 5.03. The van der Waals surface area contributed by atoms with E-state index in [-0.39, 0.29) is 64.1 Å². The summed E-state index contributed by atoms with van der Waals surface area (Å²) >= 11 is 12.2. The first-order chi connectivity index (χ1) is 21.0. The molecule has 0 bridgehead atoms. The molecule has 2 aliphatic rings. The maximum atomic E-state index is 13.3. The van der Waals surface area contributed by atoms with Crippen LogP contribution in [-0.4, -0.2) is 84.9 Å². The van der Waals surface area contributed by atoms with Gasteiger partial charge in [0, 0.05) is 11.1 Å². The average molecular weight is 681 g/mol. The minimum absolute atomic E-state index is 0.0440. The van der Waals surface area contributed by atoms with E-state index in [2.05, 4.69) is 10.9 Å². The molecule has 0 unspecified atom stereocenters. The highest BCUT2D eigenvalue weighted by Gasteiger charge is 2.43. The standard InChI is InChI=1S/C26H24N4O10S4/c1-35-13-7-11(8-14(36-2)17(13)39-5)21(31)27-29-23(33)19(43-25(29)41)20-24(34)30(26(42)44-20)28-22(32)12-9-15(37-3)18(40-6)16(10-12)38-4/h7-10H,1-6H3,(H,27,31)(H,28,32)/b20-19+. The van der Waals surface area contributed by atoms with E-state index >= 15 is 0 Å². The number of benzene rings is 2. The van der Waals surface area contributed by atoms with Gasteiger partial charge in [-0.15, -0.1) is 0 Å². The van der Waals surface area contributed by atoms with E-state index in [9.17, 15) is 19.2 Å². The first-order valence-corrected chi connectivity index (χ1v) is 14.6. The van der Waals surface area contributed by atoms with Crippen LogP contribution in [-0.2, 0) is 9.59 Å². The van der Waals surface area contributed by atoms with Crippen molar-refractivity contribution in [2.24, 2.45) is 0 Å². The van der Waals surface area contributed by atoms with Gasteiger partial charge in [-0.1, -0.05) is 23.5 Å². The maximum Gasteiger partial charge on any atom is 0.286 e. The molecule has 4 amide bonds. The summed E-state index contributed by atoms with van der Waals surface area (Å²) in [7, 11) is 8.41. The molecule has 2 heterocycles. The summed E-state index contributed by atoms with van der Waals surface area (Å²) in [5.74, 6) is -1.53. The lowest BCUT2D eigenvalue weighted by Gasteiger charge is -2.18. The van der Waals surface area contributed by atoms with Crippen LogP contribution in [0.2, 0.25) is 0 Å². The van der Waals surface area contributed by atoms with Gasteiger partial charge < -0.3 is 28.4 Å². The fourth-order valence-electron chi connectivity index (χ4n) is 3.96. The number of amides is 4. The van der Waals surface area contributed by atoms with Gasteiger partial charge in [-0.3, -0.25) is 30.0 Å². The predicted molar refractivity (Wildman–Crippen MR) is 168 cm³/mol. The Bertz CT molecular complexity index is 1460. The third-order valence-electron chi connectivity index (χ3n) is 6.03. The van der Waals surface area contributed by atoms with Crippen LogP contribution in [0.25, 0.3) is 0 Å². The molecule has 2 aliphatic heterocycles. The molecule has 0 aliphatic carbocycles. The molecule has 0 radical (unpaired) electrons. The number of rotatable bonds is 10. The number of thiocarbonyl (C=S) groups is 2. The van der Waals surface area contributed by atoms with Crippen molar-refractivity contribution in [3.63, 3.8) is 0 Å². The zero-order valence-electron chi connectivity index (χ0n) is 23.9. The third kappa shape index (κ3) is 6.05. The van der Waals surface area contributed by atoms with Gasteiger partial charge in [-0.25, -0.2) is 0 Å². The molecule has 18 heteroatoms. The SMILES string of the molecule is COc1cc(C(=O)NN2C(=O)/C(=C3\SC(=S)N(NC(=O)c4cc(OC)c(OC)c(OC)c4)C3=O)SC2=S)cc(OC)c1OC. The van der Waals surface area contributed by atoms with Gasteiger partial charge in [0.25, 0.3) is 23.6 Å². The molecule has 2 fully saturated rings. The van der Waals surface area contributed by atoms with Crippen LogP contribution < -0.4 is 39.3 Å². The Morgan fingerprint density at radius 1 is 0.591 bits per heavy atom. The van der Waals surface area contributed by atoms with Gasteiger partial charge in [-0.05, 0) is 48.7 Å². The van der Waals surface area contributed by atoms with Crippen molar-refractivity contribution < 1.29 is 47.6 Å². The molecule has 2 N–H and O–H groups in total. The molecule has 2 saturated heterocycles. The topological polar surface area (TPSA) is 154 Å². The van der Waals surface area contributed by atoms with Crippen LogP contribution in [0.3, 0.4) is 0 Å². The Labute approximate surface area is 270 Å². The zero-order valence-corrected chi connectivity index (χ0v) is 27.2. The second kappa shape index (κ2) is 13.6. The summed E-state index contributed by atoms with van der Waals surface area (Å²) in [6.45, 7) is 0. The van der Waals surface area contributed by atoms with E-state index < -0.39 is 23.6 Å². The highest BCUT2D eigenvalue weighted by Crippen LogP contribution is 2.42. The van der Waals surface area contributed by atoms with Gasteiger partial charge >= 0.3 is 0 Å². The monoisotopic (exact) mass is 680 g/mol. The summed E-state index contributed by atoms with van der Waals surface area (Å²) in [4.78, 5) is 52.7. The van der Waals surface area contributed by atoms with E-state index in [1.54, 1.807) is 0 Å². The largest absolute Gasteiger partial charge is 0.493 e. The van der Waals surface area contributed by atoms with Crippen molar-refractivity contribution in [1.82, 2.24) is 20.9 Å². The average Bonchev–Trinajstić information content (AvgIpc) is 3.47. The lowest BCUT2D eigenvalue weighted by Crippen LogP contribution is -2.45. The number of nitrogens with zero attached hydrogens (tertiary/aromatic N) is 2. The normalized spacial score (nSPS) is 16.2. The molecule has 232 valence electrons. The minimum Gasteiger partial charge on any atom is -0.493 e. The van der Waals surface area contributed by atoms with Crippen molar-refractivity contribution in [2.45, 2.75) is 0 Å². The number of methoxy groups -OCH3 is 6. The predicted octanol–water partition coefficient (Wildman–Crippen LogP) is 2.66. The molecular formula is C26H24N4O10S4. The van der Waals surface area contributed by atoms with Crippen LogP contribution >= 0.6 is 48.0 Å². The number of carbonyl (C=O) groups is 4. The highest BCUT2D eigenvalue weighted by molar-refractivity contribution is 8.29. The second-order valence-corrected chi connectivity index (χ2v) is 11.7. The van der Waals surface area contributed by atoms with Crippen molar-refractivity contribution in [3.8, 4) is 34.5 Å². The summed E-state index contributed by atoms with van der Waals surface area (Å²) in [6, 6.07) is 5.60. The van der Waals surface area contributed by atoms with E-state index in [0.29, 0.717) is 0 Å². The quantitative estimate of drug-likeness (QED) is 0.279. The minimum atomic E-state index is -0.766. The number of hydrogen-bond acceptors (Lipinski definition) is 14. The summed E-state index contributed by atoms with van der Waals surface area (Å²) in [6.07, 6.45) is 0. The summed E-state index contributed by atoms with van der Waals surface area (Å²) in [5, 5.41) is 1.67. The molecule has 2 aromatic rings. The number of ether oxygens (including phenoxy) is 6. The van der Waals surface area contributed by atoms with Crippen LogP contribution in [0.1, 0.15) is 20.7 Å². The Morgan fingerprint density at radius 2 is 0.886 bits per heavy atom.